The van der Waals surface area contributed by atoms with Crippen LogP contribution >= 0.6 is 0 Å². The highest BCUT2D eigenvalue weighted by Crippen LogP contribution is 2.31. The Balaban J connectivity index is 1.47. The molecule has 5 heterocycles. The van der Waals surface area contributed by atoms with E-state index in [4.69, 9.17) is 14.7 Å². The van der Waals surface area contributed by atoms with Gasteiger partial charge in [-0.05, 0) is 12.1 Å². The number of aromatic nitrogens is 3. The quantitative estimate of drug-likeness (QED) is 0.784. The second-order valence-electron chi connectivity index (χ2n) is 7.32. The summed E-state index contributed by atoms with van der Waals surface area (Å²) >= 11 is 0. The van der Waals surface area contributed by atoms with Crippen LogP contribution in [0.15, 0.2) is 24.5 Å². The Hall–Kier alpha value is -2.13. The molecule has 8 heteroatoms. The van der Waals surface area contributed by atoms with E-state index in [1.807, 2.05) is 12.1 Å². The molecule has 8 nitrogen and oxygen atoms in total. The van der Waals surface area contributed by atoms with Gasteiger partial charge >= 0.3 is 0 Å². The van der Waals surface area contributed by atoms with E-state index >= 15 is 0 Å². The third-order valence-corrected chi connectivity index (χ3v) is 5.68. The van der Waals surface area contributed by atoms with E-state index in [9.17, 15) is 5.11 Å². The van der Waals surface area contributed by atoms with Gasteiger partial charge in [0.1, 0.15) is 5.82 Å². The second-order valence-corrected chi connectivity index (χ2v) is 7.32. The largest absolute Gasteiger partial charge is 0.390 e. The number of pyridine rings is 1. The van der Waals surface area contributed by atoms with Crippen LogP contribution in [0.25, 0.3) is 11.4 Å². The van der Waals surface area contributed by atoms with E-state index in [1.54, 1.807) is 12.4 Å². The lowest BCUT2D eigenvalue weighted by molar-refractivity contribution is -0.00588. The number of hydrogen-bond acceptors (Lipinski definition) is 8. The SMILES string of the molecule is O[C@H]1CN(c2nc(-c3ccncc3)nc3c2CNC3)C[C@@H]1N1CCOCC1. The highest BCUT2D eigenvalue weighted by molar-refractivity contribution is 5.61. The first-order chi connectivity index (χ1) is 13.3. The van der Waals surface area contributed by atoms with Crippen LogP contribution < -0.4 is 10.2 Å². The second kappa shape index (κ2) is 7.12. The molecule has 2 aromatic heterocycles. The Bertz CT molecular complexity index is 811. The van der Waals surface area contributed by atoms with E-state index < -0.39 is 0 Å². The normalized spacial score (nSPS) is 25.7. The lowest BCUT2D eigenvalue weighted by Crippen LogP contribution is -2.48. The van der Waals surface area contributed by atoms with Crippen molar-refractivity contribution in [3.05, 3.63) is 35.8 Å². The molecule has 0 aliphatic carbocycles. The van der Waals surface area contributed by atoms with Gasteiger partial charge in [-0.2, -0.15) is 0 Å². The van der Waals surface area contributed by atoms with Gasteiger partial charge in [-0.3, -0.25) is 9.88 Å². The number of anilines is 1. The number of fused-ring (bicyclic) bond motifs is 1. The summed E-state index contributed by atoms with van der Waals surface area (Å²) in [5.41, 5.74) is 3.17. The zero-order chi connectivity index (χ0) is 18.2. The van der Waals surface area contributed by atoms with Crippen molar-refractivity contribution in [2.24, 2.45) is 0 Å². The van der Waals surface area contributed by atoms with Gasteiger partial charge in [-0.1, -0.05) is 0 Å². The average Bonchev–Trinajstić information content (AvgIpc) is 3.35. The molecule has 0 saturated carbocycles. The molecular formula is C19H24N6O2. The van der Waals surface area contributed by atoms with Gasteiger partial charge in [-0.25, -0.2) is 9.97 Å². The van der Waals surface area contributed by atoms with Crippen LogP contribution in [0, 0.1) is 0 Å². The highest BCUT2D eigenvalue weighted by atomic mass is 16.5. The smallest absolute Gasteiger partial charge is 0.161 e. The number of hydrogen-bond donors (Lipinski definition) is 2. The maximum atomic E-state index is 10.7. The fraction of sp³-hybridized carbons (Fsp3) is 0.526. The molecule has 0 spiro atoms. The molecule has 0 bridgehead atoms. The van der Waals surface area contributed by atoms with Crippen LogP contribution in [0.5, 0.6) is 0 Å². The van der Waals surface area contributed by atoms with Crippen molar-refractivity contribution in [3.8, 4) is 11.4 Å². The molecule has 0 unspecified atom stereocenters. The van der Waals surface area contributed by atoms with Crippen molar-refractivity contribution >= 4 is 5.82 Å². The molecule has 0 aromatic carbocycles. The molecule has 0 amide bonds. The number of morpholine rings is 1. The third-order valence-electron chi connectivity index (χ3n) is 5.68. The molecular weight excluding hydrogens is 344 g/mol. The number of β-amino-alcohol motifs (C(OH)–C–C–N with tert-alkyl or cyclic N) is 1. The highest BCUT2D eigenvalue weighted by Gasteiger charge is 2.38. The van der Waals surface area contributed by atoms with Crippen molar-refractivity contribution in [2.75, 3.05) is 44.3 Å². The Morgan fingerprint density at radius 1 is 1.07 bits per heavy atom. The van der Waals surface area contributed by atoms with Crippen molar-refractivity contribution in [2.45, 2.75) is 25.2 Å². The number of nitrogens with zero attached hydrogens (tertiary/aromatic N) is 5. The Morgan fingerprint density at radius 2 is 1.89 bits per heavy atom. The molecule has 2 fully saturated rings. The summed E-state index contributed by atoms with van der Waals surface area (Å²) in [7, 11) is 0. The number of ether oxygens (including phenoxy) is 1. The van der Waals surface area contributed by atoms with Gasteiger partial charge in [0, 0.05) is 62.8 Å². The van der Waals surface area contributed by atoms with Crippen LogP contribution in [-0.4, -0.2) is 76.5 Å². The predicted octanol–water partition coefficient (Wildman–Crippen LogP) is 0.0235. The topological polar surface area (TPSA) is 86.6 Å². The van der Waals surface area contributed by atoms with Crippen LogP contribution in [0.1, 0.15) is 11.3 Å². The van der Waals surface area contributed by atoms with Gasteiger partial charge in [0.05, 0.1) is 31.1 Å². The Morgan fingerprint density at radius 3 is 2.70 bits per heavy atom. The number of nitrogens with one attached hydrogen (secondary N) is 1. The molecule has 27 heavy (non-hydrogen) atoms. The van der Waals surface area contributed by atoms with Crippen molar-refractivity contribution in [1.82, 2.24) is 25.2 Å². The van der Waals surface area contributed by atoms with E-state index in [0.29, 0.717) is 6.54 Å². The summed E-state index contributed by atoms with van der Waals surface area (Å²) in [5.74, 6) is 1.67. The fourth-order valence-corrected chi connectivity index (χ4v) is 4.25. The molecule has 5 rings (SSSR count). The Labute approximate surface area is 158 Å². The molecule has 3 aliphatic heterocycles. The van der Waals surface area contributed by atoms with Gasteiger partial charge in [0.25, 0.3) is 0 Å². The van der Waals surface area contributed by atoms with Crippen LogP contribution in [0.4, 0.5) is 5.82 Å². The van der Waals surface area contributed by atoms with Crippen molar-refractivity contribution < 1.29 is 9.84 Å². The van der Waals surface area contributed by atoms with Crippen molar-refractivity contribution in [3.63, 3.8) is 0 Å². The van der Waals surface area contributed by atoms with Crippen LogP contribution in [0.2, 0.25) is 0 Å². The molecule has 2 saturated heterocycles. The molecule has 2 atom stereocenters. The molecule has 142 valence electrons. The van der Waals surface area contributed by atoms with Crippen LogP contribution in [0.3, 0.4) is 0 Å². The standard InChI is InChI=1S/C19H24N6O2/c26-17-12-25(11-16(17)24-5-7-27-8-6-24)19-14-9-21-10-15(14)22-18(23-19)13-1-3-20-4-2-13/h1-4,16-17,21,26H,5-12H2/t16-,17-/m0/s1. The zero-order valence-corrected chi connectivity index (χ0v) is 15.2. The van der Waals surface area contributed by atoms with E-state index in [1.165, 1.54) is 0 Å². The molecule has 2 N–H and O–H groups in total. The summed E-state index contributed by atoms with van der Waals surface area (Å²) in [6, 6.07) is 3.99. The van der Waals surface area contributed by atoms with Gasteiger partial charge < -0.3 is 20.1 Å². The maximum absolute atomic E-state index is 10.7. The third kappa shape index (κ3) is 3.19. The first kappa shape index (κ1) is 17.0. The number of rotatable bonds is 3. The van der Waals surface area contributed by atoms with E-state index in [0.717, 1.165) is 74.4 Å². The maximum Gasteiger partial charge on any atom is 0.161 e. The molecule has 2 aromatic rings. The molecule has 0 radical (unpaired) electrons. The first-order valence-corrected chi connectivity index (χ1v) is 9.55. The average molecular weight is 368 g/mol. The van der Waals surface area contributed by atoms with Gasteiger partial charge in [0.2, 0.25) is 0 Å². The number of aliphatic hydroxyl groups is 1. The fourth-order valence-electron chi connectivity index (χ4n) is 4.25. The Kier molecular flexibility index (Phi) is 4.48. The first-order valence-electron chi connectivity index (χ1n) is 9.55. The summed E-state index contributed by atoms with van der Waals surface area (Å²) in [5, 5.41) is 14.1. The number of aliphatic hydroxyl groups excluding tert-OH is 1. The summed E-state index contributed by atoms with van der Waals surface area (Å²) in [6.45, 7) is 6.14. The molecule has 3 aliphatic rings. The minimum Gasteiger partial charge on any atom is -0.390 e. The van der Waals surface area contributed by atoms with Crippen LogP contribution in [-0.2, 0) is 17.8 Å². The zero-order valence-electron chi connectivity index (χ0n) is 15.2. The minimum atomic E-state index is -0.382. The van der Waals surface area contributed by atoms with Crippen molar-refractivity contribution in [1.29, 1.82) is 0 Å². The monoisotopic (exact) mass is 368 g/mol. The minimum absolute atomic E-state index is 0.123. The summed E-state index contributed by atoms with van der Waals surface area (Å²) < 4.78 is 5.46. The van der Waals surface area contributed by atoms with Gasteiger partial charge in [0.15, 0.2) is 5.82 Å². The van der Waals surface area contributed by atoms with E-state index in [2.05, 4.69) is 20.1 Å². The predicted molar refractivity (Wildman–Crippen MR) is 100 cm³/mol. The lowest BCUT2D eigenvalue weighted by atomic mass is 10.1. The van der Waals surface area contributed by atoms with E-state index in [-0.39, 0.29) is 12.1 Å². The lowest BCUT2D eigenvalue weighted by Gasteiger charge is -2.33. The summed E-state index contributed by atoms with van der Waals surface area (Å²) in [6.07, 6.45) is 3.14. The summed E-state index contributed by atoms with van der Waals surface area (Å²) in [4.78, 5) is 18.3. The van der Waals surface area contributed by atoms with Gasteiger partial charge in [-0.15, -0.1) is 0 Å².